The number of hydrogen-bond acceptors (Lipinski definition) is 6. The van der Waals surface area contributed by atoms with Crippen molar-refractivity contribution in [2.75, 3.05) is 7.11 Å². The van der Waals surface area contributed by atoms with Gasteiger partial charge >= 0.3 is 5.97 Å². The number of aliphatic hydroxyl groups is 1. The lowest BCUT2D eigenvalue weighted by Crippen LogP contribution is -2.32. The molecule has 1 aromatic heterocycles. The third kappa shape index (κ3) is 5.78. The molecule has 0 fully saturated rings. The van der Waals surface area contributed by atoms with Gasteiger partial charge in [-0.3, -0.25) is 9.59 Å². The Morgan fingerprint density at radius 3 is 2.31 bits per heavy atom. The molecular weight excluding hydrogens is 458 g/mol. The molecule has 0 unspecified atom stereocenters. The van der Waals surface area contributed by atoms with E-state index in [0.29, 0.717) is 23.1 Å². The summed E-state index contributed by atoms with van der Waals surface area (Å²) in [6.07, 6.45) is -0.193. The smallest absolute Gasteiger partial charge is 0.309 e. The highest BCUT2D eigenvalue weighted by atomic mass is 16.5. The Bertz CT molecular complexity index is 1400. The van der Waals surface area contributed by atoms with Crippen LogP contribution >= 0.6 is 0 Å². The summed E-state index contributed by atoms with van der Waals surface area (Å²) in [5.41, 5.74) is 4.49. The van der Waals surface area contributed by atoms with Crippen molar-refractivity contribution in [1.82, 2.24) is 15.0 Å². The molecule has 0 aliphatic carbocycles. The van der Waals surface area contributed by atoms with Crippen molar-refractivity contribution >= 4 is 16.9 Å². The number of rotatable bonds is 10. The first kappa shape index (κ1) is 25.1. The first-order valence-corrected chi connectivity index (χ1v) is 11.8. The number of aromatic nitrogens is 3. The molecule has 8 nitrogen and oxygen atoms in total. The number of aliphatic hydroxyl groups excluding tert-OH is 1. The molecule has 2 N–H and O–H groups in total. The van der Waals surface area contributed by atoms with E-state index in [1.165, 1.54) is 12.7 Å². The van der Waals surface area contributed by atoms with Crippen molar-refractivity contribution in [3.05, 3.63) is 88.2 Å². The minimum absolute atomic E-state index is 0.0260. The fourth-order valence-electron chi connectivity index (χ4n) is 4.20. The zero-order chi connectivity index (χ0) is 25.7. The minimum Gasteiger partial charge on any atom is -0.497 e. The summed E-state index contributed by atoms with van der Waals surface area (Å²) in [5, 5.41) is 28.7. The first-order chi connectivity index (χ1) is 17.4. The number of fused-ring (bicyclic) bond motifs is 1. The Morgan fingerprint density at radius 1 is 1.00 bits per heavy atom. The lowest BCUT2D eigenvalue weighted by atomic mass is 9.93. The molecule has 186 valence electrons. The molecule has 1 heterocycles. The standard InChI is InChI=1S/C28H29N3O5/c1-18-3-8-20(9-4-18)21-10-5-19(6-11-21)7-14-26(32)23(28(34)35)15-16-31-27(33)24-17-22(36-2)12-13-25(24)29-30-31/h3-6,8-13,17,23,26,32H,7,14-16H2,1-2H3,(H,34,35)/t23-,26+/m0/s1. The lowest BCUT2D eigenvalue weighted by Gasteiger charge is -2.19. The molecule has 4 rings (SSSR count). The Hall–Kier alpha value is -4.04. The zero-order valence-electron chi connectivity index (χ0n) is 20.3. The predicted molar refractivity (Wildman–Crippen MR) is 137 cm³/mol. The predicted octanol–water partition coefficient (Wildman–Crippen LogP) is 3.86. The number of methoxy groups -OCH3 is 1. The topological polar surface area (TPSA) is 115 Å². The van der Waals surface area contributed by atoms with E-state index in [-0.39, 0.29) is 24.9 Å². The number of carbonyl (C=O) groups is 1. The molecule has 0 aliphatic heterocycles. The molecule has 3 aromatic carbocycles. The van der Waals surface area contributed by atoms with Crippen LogP contribution in [0.1, 0.15) is 24.0 Å². The van der Waals surface area contributed by atoms with Crippen molar-refractivity contribution in [2.45, 2.75) is 38.8 Å². The van der Waals surface area contributed by atoms with E-state index in [2.05, 4.69) is 34.6 Å². The van der Waals surface area contributed by atoms with E-state index in [9.17, 15) is 19.8 Å². The van der Waals surface area contributed by atoms with E-state index >= 15 is 0 Å². The lowest BCUT2D eigenvalue weighted by molar-refractivity contribution is -0.146. The van der Waals surface area contributed by atoms with Crippen LogP contribution in [0.3, 0.4) is 0 Å². The van der Waals surface area contributed by atoms with E-state index in [0.717, 1.165) is 21.4 Å². The second-order valence-electron chi connectivity index (χ2n) is 8.90. The maximum atomic E-state index is 12.8. The monoisotopic (exact) mass is 487 g/mol. The second-order valence-corrected chi connectivity index (χ2v) is 8.90. The minimum atomic E-state index is -1.11. The SMILES string of the molecule is COc1ccc2nnn(CC[C@H](C(=O)O)[C@H](O)CCc3ccc(-c4ccc(C)cc4)cc3)c(=O)c2c1. The van der Waals surface area contributed by atoms with Crippen LogP contribution in [0.25, 0.3) is 22.0 Å². The van der Waals surface area contributed by atoms with Gasteiger partial charge in [0.2, 0.25) is 0 Å². The molecule has 0 saturated carbocycles. The Labute approximate surface area is 208 Å². The van der Waals surface area contributed by atoms with E-state index in [1.807, 2.05) is 31.2 Å². The van der Waals surface area contributed by atoms with E-state index in [4.69, 9.17) is 4.74 Å². The second kappa shape index (κ2) is 11.1. The van der Waals surface area contributed by atoms with Crippen LogP contribution in [0.4, 0.5) is 0 Å². The molecule has 0 spiro atoms. The van der Waals surface area contributed by atoms with Crippen LogP contribution < -0.4 is 10.3 Å². The Balaban J connectivity index is 1.39. The largest absolute Gasteiger partial charge is 0.497 e. The summed E-state index contributed by atoms with van der Waals surface area (Å²) in [6, 6.07) is 21.3. The number of hydrogen-bond donors (Lipinski definition) is 2. The maximum Gasteiger partial charge on any atom is 0.309 e. The summed E-state index contributed by atoms with van der Waals surface area (Å²) < 4.78 is 6.30. The zero-order valence-corrected chi connectivity index (χ0v) is 20.3. The molecule has 0 aliphatic rings. The fourth-order valence-corrected chi connectivity index (χ4v) is 4.20. The molecule has 0 saturated heterocycles. The number of carboxylic acids is 1. The third-order valence-corrected chi connectivity index (χ3v) is 6.43. The summed E-state index contributed by atoms with van der Waals surface area (Å²) in [7, 11) is 1.51. The molecular formula is C28H29N3O5. The highest BCUT2D eigenvalue weighted by molar-refractivity contribution is 5.78. The van der Waals surface area contributed by atoms with Crippen molar-refractivity contribution in [1.29, 1.82) is 0 Å². The number of aryl methyl sites for hydroxylation is 3. The molecule has 8 heteroatoms. The summed E-state index contributed by atoms with van der Waals surface area (Å²) in [4.78, 5) is 24.7. The van der Waals surface area contributed by atoms with Gasteiger partial charge in [0.05, 0.1) is 24.5 Å². The molecule has 4 aromatic rings. The molecule has 0 radical (unpaired) electrons. The van der Waals surface area contributed by atoms with Crippen LogP contribution in [0.5, 0.6) is 5.75 Å². The summed E-state index contributed by atoms with van der Waals surface area (Å²) in [6.45, 7) is 2.08. The average Bonchev–Trinajstić information content (AvgIpc) is 2.89. The van der Waals surface area contributed by atoms with Gasteiger partial charge in [-0.15, -0.1) is 5.10 Å². The normalized spacial score (nSPS) is 12.9. The molecule has 0 amide bonds. The maximum absolute atomic E-state index is 12.8. The highest BCUT2D eigenvalue weighted by Crippen LogP contribution is 2.22. The van der Waals surface area contributed by atoms with Crippen LogP contribution in [-0.4, -0.2) is 44.4 Å². The number of nitrogens with zero attached hydrogens (tertiary/aromatic N) is 3. The van der Waals surface area contributed by atoms with Crippen molar-refractivity contribution in [3.63, 3.8) is 0 Å². The van der Waals surface area contributed by atoms with Gasteiger partial charge in [0, 0.05) is 6.54 Å². The Kier molecular flexibility index (Phi) is 7.75. The van der Waals surface area contributed by atoms with Crippen LogP contribution in [0.15, 0.2) is 71.5 Å². The van der Waals surface area contributed by atoms with Crippen LogP contribution in [-0.2, 0) is 17.8 Å². The van der Waals surface area contributed by atoms with Gasteiger partial charge < -0.3 is 14.9 Å². The van der Waals surface area contributed by atoms with Crippen LogP contribution in [0, 0.1) is 12.8 Å². The number of benzene rings is 3. The quantitative estimate of drug-likeness (QED) is 0.349. The molecule has 36 heavy (non-hydrogen) atoms. The van der Waals surface area contributed by atoms with Gasteiger partial charge in [-0.2, -0.15) is 0 Å². The average molecular weight is 488 g/mol. The van der Waals surface area contributed by atoms with Gasteiger partial charge in [0.25, 0.3) is 5.56 Å². The van der Waals surface area contributed by atoms with E-state index < -0.39 is 18.0 Å². The molecule has 0 bridgehead atoms. The summed E-state index contributed by atoms with van der Waals surface area (Å²) >= 11 is 0. The number of carboxylic acid groups (broad SMARTS) is 1. The number of aliphatic carboxylic acids is 1. The van der Waals surface area contributed by atoms with Crippen molar-refractivity contribution in [2.24, 2.45) is 5.92 Å². The highest BCUT2D eigenvalue weighted by Gasteiger charge is 2.26. The van der Waals surface area contributed by atoms with Crippen molar-refractivity contribution < 1.29 is 19.7 Å². The fraction of sp³-hybridized carbons (Fsp3) is 0.286. The van der Waals surface area contributed by atoms with Gasteiger partial charge in [-0.25, -0.2) is 4.68 Å². The van der Waals surface area contributed by atoms with Crippen LogP contribution in [0.2, 0.25) is 0 Å². The van der Waals surface area contributed by atoms with Gasteiger partial charge in [0.15, 0.2) is 0 Å². The van der Waals surface area contributed by atoms with Gasteiger partial charge in [-0.05, 0) is 61.1 Å². The third-order valence-electron chi connectivity index (χ3n) is 6.43. The number of ether oxygens (including phenoxy) is 1. The van der Waals surface area contributed by atoms with Crippen molar-refractivity contribution in [3.8, 4) is 16.9 Å². The Morgan fingerprint density at radius 2 is 1.67 bits per heavy atom. The summed E-state index contributed by atoms with van der Waals surface area (Å²) in [5.74, 6) is -1.63. The molecule has 2 atom stereocenters. The first-order valence-electron chi connectivity index (χ1n) is 11.8. The van der Waals surface area contributed by atoms with Gasteiger partial charge in [-0.1, -0.05) is 59.3 Å². The van der Waals surface area contributed by atoms with Gasteiger partial charge in [0.1, 0.15) is 11.3 Å². The van der Waals surface area contributed by atoms with E-state index in [1.54, 1.807) is 18.2 Å².